The van der Waals surface area contributed by atoms with Gasteiger partial charge in [0.15, 0.2) is 5.13 Å². The standard InChI is InChI=1S/C33H25N3O3S3/c37-32(35-33-34-30(22-40-33)26-16-15-23-9-7-8-12-25(23)21-26)31(24-10-3-1-4-11-24)41-28-19-17-27(18-20-28)36-42(38,39)29-13-5-2-6-14-29/h1-22,31,36H,(H,34,35,37). The largest absolute Gasteiger partial charge is 0.301 e. The van der Waals surface area contributed by atoms with Gasteiger partial charge in [0.1, 0.15) is 5.25 Å². The first-order valence-corrected chi connectivity index (χ1v) is 16.3. The molecule has 0 aliphatic rings. The second-order valence-corrected chi connectivity index (χ2v) is 13.2. The Kier molecular flexibility index (Phi) is 8.05. The van der Waals surface area contributed by atoms with Gasteiger partial charge in [-0.1, -0.05) is 84.9 Å². The number of anilines is 2. The Bertz CT molecular complexity index is 1940. The summed E-state index contributed by atoms with van der Waals surface area (Å²) in [6.07, 6.45) is 0. The fourth-order valence-electron chi connectivity index (χ4n) is 4.44. The molecule has 0 aliphatic carbocycles. The van der Waals surface area contributed by atoms with Crippen LogP contribution >= 0.6 is 23.1 Å². The molecule has 9 heteroatoms. The van der Waals surface area contributed by atoms with E-state index < -0.39 is 15.3 Å². The number of hydrogen-bond acceptors (Lipinski definition) is 6. The second-order valence-electron chi connectivity index (χ2n) is 9.44. The molecule has 2 N–H and O–H groups in total. The summed E-state index contributed by atoms with van der Waals surface area (Å²) in [5, 5.41) is 7.22. The highest BCUT2D eigenvalue weighted by Crippen LogP contribution is 2.37. The van der Waals surface area contributed by atoms with Gasteiger partial charge in [-0.25, -0.2) is 13.4 Å². The lowest BCUT2D eigenvalue weighted by atomic mass is 10.1. The molecule has 208 valence electrons. The van der Waals surface area contributed by atoms with E-state index in [9.17, 15) is 13.2 Å². The molecular formula is C33H25N3O3S3. The zero-order valence-corrected chi connectivity index (χ0v) is 24.6. The van der Waals surface area contributed by atoms with E-state index in [1.54, 1.807) is 54.6 Å². The van der Waals surface area contributed by atoms with Gasteiger partial charge < -0.3 is 5.32 Å². The predicted molar refractivity (Wildman–Crippen MR) is 172 cm³/mol. The molecule has 0 radical (unpaired) electrons. The van der Waals surface area contributed by atoms with Crippen LogP contribution in [-0.2, 0) is 14.8 Å². The second kappa shape index (κ2) is 12.2. The Balaban J connectivity index is 1.18. The molecule has 1 amide bonds. The summed E-state index contributed by atoms with van der Waals surface area (Å²) in [5.41, 5.74) is 3.08. The summed E-state index contributed by atoms with van der Waals surface area (Å²) >= 11 is 2.77. The van der Waals surface area contributed by atoms with Crippen molar-refractivity contribution >= 4 is 60.6 Å². The number of thiazole rings is 1. The highest BCUT2D eigenvalue weighted by molar-refractivity contribution is 8.00. The summed E-state index contributed by atoms with van der Waals surface area (Å²) in [4.78, 5) is 19.3. The molecule has 0 saturated heterocycles. The first-order chi connectivity index (χ1) is 20.4. The third-order valence-electron chi connectivity index (χ3n) is 6.53. The van der Waals surface area contributed by atoms with Gasteiger partial charge in [0.25, 0.3) is 10.0 Å². The van der Waals surface area contributed by atoms with Crippen molar-refractivity contribution < 1.29 is 13.2 Å². The number of sulfonamides is 1. The average molecular weight is 608 g/mol. The zero-order valence-electron chi connectivity index (χ0n) is 22.2. The van der Waals surface area contributed by atoms with Crippen LogP contribution in [0.2, 0.25) is 0 Å². The summed E-state index contributed by atoms with van der Waals surface area (Å²) in [7, 11) is -3.70. The number of amides is 1. The number of carbonyl (C=O) groups excluding carboxylic acids is 1. The fourth-order valence-corrected chi connectivity index (χ4v) is 7.26. The van der Waals surface area contributed by atoms with Crippen LogP contribution in [0.4, 0.5) is 10.8 Å². The summed E-state index contributed by atoms with van der Waals surface area (Å²) < 4.78 is 28.0. The van der Waals surface area contributed by atoms with Crippen LogP contribution in [0.15, 0.2) is 143 Å². The van der Waals surface area contributed by atoms with Gasteiger partial charge in [0, 0.05) is 21.5 Å². The summed E-state index contributed by atoms with van der Waals surface area (Å²) in [5.74, 6) is -0.195. The van der Waals surface area contributed by atoms with Crippen molar-refractivity contribution in [2.75, 3.05) is 10.0 Å². The van der Waals surface area contributed by atoms with E-state index in [0.29, 0.717) is 10.8 Å². The molecule has 1 aromatic heterocycles. The number of nitrogens with one attached hydrogen (secondary N) is 2. The van der Waals surface area contributed by atoms with E-state index in [-0.39, 0.29) is 10.8 Å². The minimum absolute atomic E-state index is 0.190. The van der Waals surface area contributed by atoms with Crippen molar-refractivity contribution in [3.63, 3.8) is 0 Å². The molecular weight excluding hydrogens is 583 g/mol. The highest BCUT2D eigenvalue weighted by atomic mass is 32.2. The van der Waals surface area contributed by atoms with Gasteiger partial charge in [-0.05, 0) is 58.8 Å². The van der Waals surface area contributed by atoms with Crippen molar-refractivity contribution in [2.24, 2.45) is 0 Å². The molecule has 0 fully saturated rings. The lowest BCUT2D eigenvalue weighted by Gasteiger charge is -2.16. The molecule has 5 aromatic carbocycles. The maximum Gasteiger partial charge on any atom is 0.261 e. The molecule has 0 spiro atoms. The maximum absolute atomic E-state index is 13.6. The third-order valence-corrected chi connectivity index (χ3v) is 9.96. The molecule has 0 saturated carbocycles. The number of fused-ring (bicyclic) bond motifs is 1. The van der Waals surface area contributed by atoms with E-state index >= 15 is 0 Å². The molecule has 1 heterocycles. The first-order valence-electron chi connectivity index (χ1n) is 13.1. The number of aromatic nitrogens is 1. The predicted octanol–water partition coefficient (Wildman–Crippen LogP) is 8.24. The Hall–Kier alpha value is -4.44. The number of rotatable bonds is 9. The van der Waals surface area contributed by atoms with E-state index in [2.05, 4.69) is 34.3 Å². The van der Waals surface area contributed by atoms with Crippen LogP contribution in [-0.4, -0.2) is 19.3 Å². The molecule has 6 nitrogen and oxygen atoms in total. The van der Waals surface area contributed by atoms with Gasteiger partial charge in [0.2, 0.25) is 5.91 Å². The van der Waals surface area contributed by atoms with Gasteiger partial charge in [-0.15, -0.1) is 23.1 Å². The molecule has 1 atom stereocenters. The van der Waals surface area contributed by atoms with Gasteiger partial charge in [0.05, 0.1) is 10.6 Å². The normalized spacial score (nSPS) is 12.1. The van der Waals surface area contributed by atoms with Crippen molar-refractivity contribution in [1.82, 2.24) is 4.98 Å². The van der Waals surface area contributed by atoms with Crippen LogP contribution < -0.4 is 10.0 Å². The summed E-state index contributed by atoms with van der Waals surface area (Å²) in [6, 6.07) is 39.1. The first kappa shape index (κ1) is 27.7. The Morgan fingerprint density at radius 1 is 0.762 bits per heavy atom. The maximum atomic E-state index is 13.6. The zero-order chi connectivity index (χ0) is 28.9. The Morgan fingerprint density at radius 2 is 1.43 bits per heavy atom. The number of nitrogens with zero attached hydrogens (tertiary/aromatic N) is 1. The van der Waals surface area contributed by atoms with Crippen LogP contribution in [0.5, 0.6) is 0 Å². The molecule has 1 unspecified atom stereocenters. The number of carbonyl (C=O) groups is 1. The Morgan fingerprint density at radius 3 is 2.17 bits per heavy atom. The van der Waals surface area contributed by atoms with Crippen molar-refractivity contribution in [3.8, 4) is 11.3 Å². The average Bonchev–Trinajstić information content (AvgIpc) is 3.49. The van der Waals surface area contributed by atoms with Gasteiger partial charge in [-0.3, -0.25) is 9.52 Å². The van der Waals surface area contributed by atoms with E-state index in [1.165, 1.54) is 23.1 Å². The molecule has 0 bridgehead atoms. The van der Waals surface area contributed by atoms with E-state index in [0.717, 1.165) is 32.5 Å². The fraction of sp³-hybridized carbons (Fsp3) is 0.0303. The lowest BCUT2D eigenvalue weighted by Crippen LogP contribution is -2.19. The van der Waals surface area contributed by atoms with Crippen molar-refractivity contribution in [1.29, 1.82) is 0 Å². The van der Waals surface area contributed by atoms with E-state index in [4.69, 9.17) is 4.98 Å². The van der Waals surface area contributed by atoms with Crippen LogP contribution in [0.3, 0.4) is 0 Å². The molecule has 42 heavy (non-hydrogen) atoms. The number of benzene rings is 5. The monoisotopic (exact) mass is 607 g/mol. The highest BCUT2D eigenvalue weighted by Gasteiger charge is 2.23. The quantitative estimate of drug-likeness (QED) is 0.162. The van der Waals surface area contributed by atoms with Gasteiger partial charge in [-0.2, -0.15) is 0 Å². The van der Waals surface area contributed by atoms with Crippen LogP contribution in [0.25, 0.3) is 22.0 Å². The minimum Gasteiger partial charge on any atom is -0.301 e. The smallest absolute Gasteiger partial charge is 0.261 e. The molecule has 0 aliphatic heterocycles. The van der Waals surface area contributed by atoms with Crippen LogP contribution in [0.1, 0.15) is 10.8 Å². The van der Waals surface area contributed by atoms with E-state index in [1.807, 2.05) is 53.9 Å². The lowest BCUT2D eigenvalue weighted by molar-refractivity contribution is -0.115. The molecule has 6 rings (SSSR count). The Labute approximate surface area is 252 Å². The van der Waals surface area contributed by atoms with Gasteiger partial charge >= 0.3 is 0 Å². The molecule has 6 aromatic rings. The minimum atomic E-state index is -3.70. The number of thioether (sulfide) groups is 1. The topological polar surface area (TPSA) is 88.2 Å². The third kappa shape index (κ3) is 6.38. The van der Waals surface area contributed by atoms with Crippen LogP contribution in [0, 0.1) is 0 Å². The summed E-state index contributed by atoms with van der Waals surface area (Å²) in [6.45, 7) is 0. The number of hydrogen-bond donors (Lipinski definition) is 2. The SMILES string of the molecule is O=C(Nc1nc(-c2ccc3ccccc3c2)cs1)C(Sc1ccc(NS(=O)(=O)c2ccccc2)cc1)c1ccccc1. The van der Waals surface area contributed by atoms with Crippen molar-refractivity contribution in [2.45, 2.75) is 15.0 Å². The van der Waals surface area contributed by atoms with Crippen molar-refractivity contribution in [3.05, 3.63) is 138 Å².